The molecule has 2 aromatic rings. The van der Waals surface area contributed by atoms with Crippen LogP contribution in [0.2, 0.25) is 0 Å². The number of fused-ring (bicyclic) bond motifs is 1. The molecule has 5 rings (SSSR count). The summed E-state index contributed by atoms with van der Waals surface area (Å²) in [7, 11) is -6.12. The van der Waals surface area contributed by atoms with E-state index < -0.39 is 62.0 Å². The van der Waals surface area contributed by atoms with Crippen molar-refractivity contribution in [2.24, 2.45) is 5.92 Å². The maximum absolute atomic E-state index is 13.7. The van der Waals surface area contributed by atoms with Crippen LogP contribution in [0.25, 0.3) is 0 Å². The van der Waals surface area contributed by atoms with Gasteiger partial charge < -0.3 is 20.1 Å². The van der Waals surface area contributed by atoms with Crippen LogP contribution in [-0.4, -0.2) is 93.3 Å². The van der Waals surface area contributed by atoms with E-state index in [9.17, 15) is 36.3 Å². The zero-order chi connectivity index (χ0) is 36.5. The van der Waals surface area contributed by atoms with Crippen LogP contribution < -0.4 is 14.8 Å². The zero-order valence-electron chi connectivity index (χ0n) is 28.8. The molecule has 3 fully saturated rings. The number of hydrogen-bond donors (Lipinski definition) is 3. The van der Waals surface area contributed by atoms with Gasteiger partial charge in [0.1, 0.15) is 11.8 Å². The second-order valence-corrected chi connectivity index (χ2v) is 17.2. The van der Waals surface area contributed by atoms with Gasteiger partial charge >= 0.3 is 5.97 Å². The largest absolute Gasteiger partial charge is 0.496 e. The summed E-state index contributed by atoms with van der Waals surface area (Å²) in [5.74, 6) is -2.22. The van der Waals surface area contributed by atoms with Gasteiger partial charge in [-0.2, -0.15) is 4.31 Å². The van der Waals surface area contributed by atoms with Gasteiger partial charge in [0.2, 0.25) is 31.9 Å². The molecule has 3 atom stereocenters. The third kappa shape index (κ3) is 7.75. The van der Waals surface area contributed by atoms with Crippen molar-refractivity contribution in [3.63, 3.8) is 0 Å². The van der Waals surface area contributed by atoms with Crippen LogP contribution >= 0.6 is 0 Å². The molecule has 2 aromatic carbocycles. The lowest BCUT2D eigenvalue weighted by Crippen LogP contribution is -2.60. The summed E-state index contributed by atoms with van der Waals surface area (Å²) >= 11 is 0. The van der Waals surface area contributed by atoms with Gasteiger partial charge in [-0.15, -0.1) is 0 Å². The number of nitrogens with zero attached hydrogens (tertiary/aromatic N) is 2. The lowest BCUT2D eigenvalue weighted by atomic mass is 9.79. The SMILES string of the molecule is C=C(C(=O)O)C(NC(=O)[C@@H]1CC[C@H]2CN(S(=O)(=O)Cc3ccccc3)CC(=O)N21)C1CCC(NS(=O)(=O)c2c(C)cc(OC)c(C)c2C)CC1. The first-order valence-corrected chi connectivity index (χ1v) is 19.9. The van der Waals surface area contributed by atoms with Crippen molar-refractivity contribution < 1.29 is 41.1 Å². The molecular weight excluding hydrogens is 685 g/mol. The predicted octanol–water partition coefficient (Wildman–Crippen LogP) is 2.79. The molecule has 0 spiro atoms. The number of carbonyl (C=O) groups is 3. The highest BCUT2D eigenvalue weighted by Gasteiger charge is 2.48. The molecule has 15 heteroatoms. The lowest BCUT2D eigenvalue weighted by molar-refractivity contribution is -0.143. The van der Waals surface area contributed by atoms with Gasteiger partial charge in [-0.3, -0.25) is 9.59 Å². The number of nitrogens with one attached hydrogen (secondary N) is 2. The first-order valence-electron chi connectivity index (χ1n) is 16.8. The van der Waals surface area contributed by atoms with Crippen molar-refractivity contribution in [3.8, 4) is 5.75 Å². The number of hydrogen-bond acceptors (Lipinski definition) is 8. The Labute approximate surface area is 294 Å². The van der Waals surface area contributed by atoms with Crippen molar-refractivity contribution in [3.05, 3.63) is 70.8 Å². The average molecular weight is 731 g/mol. The summed E-state index contributed by atoms with van der Waals surface area (Å²) in [6.45, 7) is 8.72. The van der Waals surface area contributed by atoms with Crippen molar-refractivity contribution in [1.29, 1.82) is 0 Å². The zero-order valence-corrected chi connectivity index (χ0v) is 30.5. The monoisotopic (exact) mass is 730 g/mol. The summed E-state index contributed by atoms with van der Waals surface area (Å²) < 4.78 is 62.8. The Kier molecular flexibility index (Phi) is 11.1. The number of amides is 2. The van der Waals surface area contributed by atoms with Gasteiger partial charge in [0.05, 0.1) is 35.9 Å². The molecular formula is C35H46N4O9S2. The fraction of sp³-hybridized carbons (Fsp3) is 0.514. The molecule has 3 N–H and O–H groups in total. The molecule has 50 heavy (non-hydrogen) atoms. The molecule has 2 saturated heterocycles. The molecule has 3 aliphatic rings. The van der Waals surface area contributed by atoms with E-state index in [1.807, 2.05) is 0 Å². The third-order valence-corrected chi connectivity index (χ3v) is 14.0. The topological polar surface area (TPSA) is 179 Å². The van der Waals surface area contributed by atoms with Crippen molar-refractivity contribution in [1.82, 2.24) is 19.2 Å². The van der Waals surface area contributed by atoms with Gasteiger partial charge in [0, 0.05) is 18.6 Å². The molecule has 2 amide bonds. The van der Waals surface area contributed by atoms with E-state index in [-0.39, 0.29) is 35.2 Å². The number of ether oxygens (including phenoxy) is 1. The summed E-state index contributed by atoms with van der Waals surface area (Å²) in [6.07, 6.45) is 2.41. The number of rotatable bonds is 12. The maximum atomic E-state index is 13.7. The van der Waals surface area contributed by atoms with Crippen LogP contribution in [0.5, 0.6) is 5.75 Å². The summed E-state index contributed by atoms with van der Waals surface area (Å²) in [6, 6.07) is 7.72. The molecule has 1 aliphatic carbocycles. The number of piperazine rings is 1. The number of benzene rings is 2. The van der Waals surface area contributed by atoms with Crippen molar-refractivity contribution in [2.75, 3.05) is 20.2 Å². The normalized spacial score (nSPS) is 23.6. The van der Waals surface area contributed by atoms with Crippen molar-refractivity contribution in [2.45, 2.75) is 94.1 Å². The number of aryl methyl sites for hydroxylation is 1. The third-order valence-electron chi connectivity index (χ3n) is 10.4. The van der Waals surface area contributed by atoms with E-state index in [0.29, 0.717) is 61.0 Å². The minimum atomic E-state index is -3.88. The summed E-state index contributed by atoms with van der Waals surface area (Å²) in [5.41, 5.74) is 2.32. The quantitative estimate of drug-likeness (QED) is 0.277. The highest BCUT2D eigenvalue weighted by atomic mass is 32.2. The van der Waals surface area contributed by atoms with Gasteiger partial charge in [-0.25, -0.2) is 26.4 Å². The number of methoxy groups -OCH3 is 1. The Bertz CT molecular complexity index is 1870. The van der Waals surface area contributed by atoms with E-state index in [1.165, 1.54) is 16.3 Å². The Balaban J connectivity index is 1.23. The van der Waals surface area contributed by atoms with Gasteiger partial charge in [0.15, 0.2) is 0 Å². The Morgan fingerprint density at radius 3 is 2.28 bits per heavy atom. The standard InChI is InChI=1S/C35H46N4O9S2/c1-21-17-30(48-5)22(2)23(3)33(21)50(46,47)37-27-13-11-26(12-14-27)32(24(4)35(42)43)36-34(41)29-16-15-28-18-38(19-31(40)39(28)29)49(44,45)20-25-9-7-6-8-10-25/h6-10,17,26-29,32,37H,4,11-16,18-20H2,1-3,5H3,(H,36,41)(H,42,43)/t26?,27?,28-,29-,32?/m0/s1. The van der Waals surface area contributed by atoms with Gasteiger partial charge in [0.25, 0.3) is 0 Å². The van der Waals surface area contributed by atoms with Crippen LogP contribution in [-0.2, 0) is 40.2 Å². The summed E-state index contributed by atoms with van der Waals surface area (Å²) in [4.78, 5) is 40.8. The number of carboxylic acids is 1. The minimum Gasteiger partial charge on any atom is -0.496 e. The van der Waals surface area contributed by atoms with E-state index >= 15 is 0 Å². The fourth-order valence-electron chi connectivity index (χ4n) is 7.68. The second kappa shape index (κ2) is 14.8. The molecule has 1 unspecified atom stereocenters. The smallest absolute Gasteiger partial charge is 0.333 e. The van der Waals surface area contributed by atoms with E-state index in [4.69, 9.17) is 4.74 Å². The number of carbonyl (C=O) groups excluding carboxylic acids is 2. The molecule has 0 radical (unpaired) electrons. The molecule has 0 bridgehead atoms. The number of aliphatic carboxylic acids is 1. The Hall–Kier alpha value is -3.79. The molecule has 0 aromatic heterocycles. The maximum Gasteiger partial charge on any atom is 0.333 e. The van der Waals surface area contributed by atoms with Crippen LogP contribution in [0.15, 0.2) is 53.4 Å². The number of carboxylic acid groups (broad SMARTS) is 1. The van der Waals surface area contributed by atoms with Crippen LogP contribution in [0.3, 0.4) is 0 Å². The fourth-order valence-corrected chi connectivity index (χ4v) is 11.0. The first-order chi connectivity index (χ1) is 23.5. The first kappa shape index (κ1) is 37.5. The highest BCUT2D eigenvalue weighted by molar-refractivity contribution is 7.89. The predicted molar refractivity (Wildman–Crippen MR) is 186 cm³/mol. The minimum absolute atomic E-state index is 0.0744. The number of sulfonamides is 2. The van der Waals surface area contributed by atoms with Crippen LogP contribution in [0, 0.1) is 26.7 Å². The molecule has 2 heterocycles. The summed E-state index contributed by atoms with van der Waals surface area (Å²) in [5, 5.41) is 12.7. The second-order valence-electron chi connectivity index (χ2n) is 13.6. The van der Waals surface area contributed by atoms with E-state index in [1.54, 1.807) is 57.2 Å². The Morgan fingerprint density at radius 2 is 1.66 bits per heavy atom. The van der Waals surface area contributed by atoms with Crippen LogP contribution in [0.1, 0.15) is 60.8 Å². The van der Waals surface area contributed by atoms with Gasteiger partial charge in [-0.05, 0) is 93.5 Å². The molecule has 272 valence electrons. The average Bonchev–Trinajstić information content (AvgIpc) is 3.50. The lowest BCUT2D eigenvalue weighted by Gasteiger charge is -2.39. The van der Waals surface area contributed by atoms with E-state index in [0.717, 1.165) is 5.56 Å². The molecule has 1 saturated carbocycles. The van der Waals surface area contributed by atoms with Crippen LogP contribution in [0.4, 0.5) is 0 Å². The van der Waals surface area contributed by atoms with E-state index in [2.05, 4.69) is 16.6 Å². The van der Waals surface area contributed by atoms with Crippen molar-refractivity contribution >= 4 is 37.8 Å². The highest BCUT2D eigenvalue weighted by Crippen LogP contribution is 2.35. The van der Waals surface area contributed by atoms with Gasteiger partial charge in [-0.1, -0.05) is 36.9 Å². The Morgan fingerprint density at radius 1 is 1.00 bits per heavy atom. The molecule has 13 nitrogen and oxygen atoms in total. The molecule has 2 aliphatic heterocycles.